The molecule has 0 aliphatic heterocycles. The van der Waals surface area contributed by atoms with Crippen LogP contribution in [0.1, 0.15) is 25.7 Å². The topological polar surface area (TPSA) is 324 Å². The summed E-state index contributed by atoms with van der Waals surface area (Å²) < 4.78 is 0. The van der Waals surface area contributed by atoms with Crippen molar-refractivity contribution in [2.24, 2.45) is 11.5 Å². The molecular formula is C6H28Cl2N8O6Pt2. The monoisotopic (exact) mass is 768 g/mol. The molecule has 0 aromatic rings. The van der Waals surface area contributed by atoms with Gasteiger partial charge in [-0.3, -0.25) is 0 Å². The van der Waals surface area contributed by atoms with E-state index in [2.05, 4.69) is 0 Å². The zero-order valence-corrected chi connectivity index (χ0v) is 19.0. The molecule has 0 amide bonds. The number of nitrogens with two attached hydrogens (primary N) is 2. The summed E-state index contributed by atoms with van der Waals surface area (Å²) in [6.07, 6.45) is 4.79. The van der Waals surface area contributed by atoms with Gasteiger partial charge in [0, 0.05) is 0 Å². The fraction of sp³-hybridized carbons (Fsp3) is 1.00. The number of rotatable bonds is 5. The van der Waals surface area contributed by atoms with Crippen LogP contribution in [0.5, 0.6) is 0 Å². The maximum Gasteiger partial charge on any atom is 2.00 e. The van der Waals surface area contributed by atoms with Gasteiger partial charge in [0.25, 0.3) is 0 Å². The summed E-state index contributed by atoms with van der Waals surface area (Å²) in [4.78, 5) is 16.5. The summed E-state index contributed by atoms with van der Waals surface area (Å²) in [6.45, 7) is 1.65. The fourth-order valence-corrected chi connectivity index (χ4v) is 0.642. The molecule has 24 heavy (non-hydrogen) atoms. The van der Waals surface area contributed by atoms with Crippen molar-refractivity contribution in [2.45, 2.75) is 25.7 Å². The van der Waals surface area contributed by atoms with Crippen molar-refractivity contribution in [1.29, 1.82) is 0 Å². The first-order valence-corrected chi connectivity index (χ1v) is 4.41. The van der Waals surface area contributed by atoms with Gasteiger partial charge in [0.05, 0.1) is 10.2 Å². The molecule has 0 heterocycles. The van der Waals surface area contributed by atoms with E-state index in [-0.39, 0.29) is 91.5 Å². The first-order chi connectivity index (χ1) is 7.38. The molecule has 0 spiro atoms. The van der Waals surface area contributed by atoms with Gasteiger partial charge in [0.1, 0.15) is 0 Å². The molecule has 0 bridgehead atoms. The summed E-state index contributed by atoms with van der Waals surface area (Å²) in [7, 11) is 0. The Bertz CT molecular complexity index is 167. The summed E-state index contributed by atoms with van der Waals surface area (Å²) >= 11 is 0. The second-order valence-electron chi connectivity index (χ2n) is 2.44. The summed E-state index contributed by atoms with van der Waals surface area (Å²) in [5.74, 6) is 0. The molecule has 0 saturated heterocycles. The molecule has 0 atom stereocenters. The van der Waals surface area contributed by atoms with Gasteiger partial charge in [0.15, 0.2) is 0 Å². The Kier molecular flexibility index (Phi) is 240. The normalized spacial score (nSPS) is 5.25. The first-order valence-electron chi connectivity index (χ1n) is 4.41. The standard InChI is InChI=1S/C6H16N2.2ClH.2NO3.4H3N.2Pt/c7-5-3-1-2-4-6-8;;;2*2-1(3)4;;;;;;/h1-8H2;2*1H;;;4*1H3;;/q;;;2*-1;;;;;2*+2/p-2. The van der Waals surface area contributed by atoms with Crippen molar-refractivity contribution in [3.05, 3.63) is 30.6 Å². The second kappa shape index (κ2) is 77.0. The van der Waals surface area contributed by atoms with Crippen LogP contribution >= 0.6 is 0 Å². The van der Waals surface area contributed by atoms with E-state index in [4.69, 9.17) is 42.1 Å². The van der Waals surface area contributed by atoms with Crippen LogP contribution in [0.2, 0.25) is 0 Å². The maximum absolute atomic E-state index is 8.25. The van der Waals surface area contributed by atoms with Crippen LogP contribution in [-0.4, -0.2) is 23.3 Å². The van der Waals surface area contributed by atoms with Crippen molar-refractivity contribution < 1.29 is 77.1 Å². The van der Waals surface area contributed by atoms with E-state index >= 15 is 0 Å². The van der Waals surface area contributed by atoms with Crippen LogP contribution < -0.4 is 60.9 Å². The average Bonchev–Trinajstić information content (AvgIpc) is 2.11. The average molecular weight is 769 g/mol. The van der Waals surface area contributed by atoms with Crippen LogP contribution in [0.3, 0.4) is 0 Å². The van der Waals surface area contributed by atoms with Gasteiger partial charge in [-0.2, -0.15) is 0 Å². The summed E-state index contributed by atoms with van der Waals surface area (Å²) in [5.41, 5.74) is 10.6. The fourth-order valence-electron chi connectivity index (χ4n) is 0.642. The van der Waals surface area contributed by atoms with Crippen LogP contribution in [-0.2, 0) is 42.1 Å². The summed E-state index contributed by atoms with van der Waals surface area (Å²) in [6, 6.07) is 0. The van der Waals surface area contributed by atoms with E-state index in [1.54, 1.807) is 0 Å². The summed E-state index contributed by atoms with van der Waals surface area (Å²) in [5, 5.41) is 29.5. The molecule has 0 aromatic heterocycles. The molecule has 0 aliphatic rings. The van der Waals surface area contributed by atoms with E-state index in [1.807, 2.05) is 0 Å². The van der Waals surface area contributed by atoms with Gasteiger partial charge in [-0.25, -0.2) is 0 Å². The van der Waals surface area contributed by atoms with Crippen molar-refractivity contribution in [3.8, 4) is 0 Å². The Hall–Kier alpha value is 0.117. The molecule has 16 N–H and O–H groups in total. The molecule has 18 heteroatoms. The third-order valence-electron chi connectivity index (χ3n) is 1.16. The third kappa shape index (κ3) is 377. The van der Waals surface area contributed by atoms with Crippen molar-refractivity contribution in [1.82, 2.24) is 24.6 Å². The minimum Gasteiger partial charge on any atom is -1.00 e. The van der Waals surface area contributed by atoms with Gasteiger partial charge >= 0.3 is 42.1 Å². The number of hydrogen-bond acceptors (Lipinski definition) is 12. The Morgan fingerprint density at radius 1 is 0.583 bits per heavy atom. The third-order valence-corrected chi connectivity index (χ3v) is 1.16. The Balaban J connectivity index is -0.0000000107. The van der Waals surface area contributed by atoms with Crippen LogP contribution in [0.25, 0.3) is 0 Å². The van der Waals surface area contributed by atoms with Crippen LogP contribution in [0.4, 0.5) is 0 Å². The van der Waals surface area contributed by atoms with Crippen molar-refractivity contribution >= 4 is 0 Å². The van der Waals surface area contributed by atoms with E-state index in [0.717, 1.165) is 25.9 Å². The molecule has 0 aliphatic carbocycles. The number of nitrogens with zero attached hydrogens (tertiary/aromatic N) is 2. The zero-order chi connectivity index (χ0) is 13.4. The van der Waals surface area contributed by atoms with Crippen LogP contribution in [0.15, 0.2) is 0 Å². The van der Waals surface area contributed by atoms with Crippen LogP contribution in [0, 0.1) is 30.6 Å². The molecule has 0 fully saturated rings. The van der Waals surface area contributed by atoms with Crippen molar-refractivity contribution in [3.63, 3.8) is 0 Å². The Morgan fingerprint density at radius 3 is 0.792 bits per heavy atom. The molecule has 162 valence electrons. The molecular weight excluding hydrogens is 741 g/mol. The molecule has 14 nitrogen and oxygen atoms in total. The number of unbranched alkanes of at least 4 members (excludes halogenated alkanes) is 3. The molecule has 0 unspecified atom stereocenters. The Morgan fingerprint density at radius 2 is 0.708 bits per heavy atom. The molecule has 0 aromatic carbocycles. The SMILES string of the molecule is N.N.N.N.NCCCCCCN.O=[N+]([O-])[O-].O=[N+]([O-])[O-].[Cl-].[Cl-].[Pt+2].[Pt+2]. The predicted octanol–water partition coefficient (Wildman–Crippen LogP) is -5.36. The Labute approximate surface area is 182 Å². The van der Waals surface area contributed by atoms with Gasteiger partial charge in [0.2, 0.25) is 0 Å². The molecule has 0 radical (unpaired) electrons. The predicted molar refractivity (Wildman–Crippen MR) is 77.4 cm³/mol. The van der Waals surface area contributed by atoms with E-state index in [9.17, 15) is 0 Å². The number of hydrogen-bond donors (Lipinski definition) is 6. The second-order valence-corrected chi connectivity index (χ2v) is 2.44. The van der Waals surface area contributed by atoms with Gasteiger partial charge < -0.3 is 91.5 Å². The minimum absolute atomic E-state index is 0. The van der Waals surface area contributed by atoms with E-state index in [0.29, 0.717) is 0 Å². The van der Waals surface area contributed by atoms with E-state index in [1.165, 1.54) is 12.8 Å². The smallest absolute Gasteiger partial charge is 1.00 e. The van der Waals surface area contributed by atoms with Gasteiger partial charge in [-0.05, 0) is 25.9 Å². The zero-order valence-electron chi connectivity index (χ0n) is 13.0. The van der Waals surface area contributed by atoms with Gasteiger partial charge in [-0.1, -0.05) is 12.8 Å². The quantitative estimate of drug-likeness (QED) is 0.0868. The minimum atomic E-state index is -1.75. The first kappa shape index (κ1) is 74.9. The number of halogens is 2. The van der Waals surface area contributed by atoms with E-state index < -0.39 is 10.2 Å². The maximum atomic E-state index is 8.25. The molecule has 0 saturated carbocycles. The van der Waals surface area contributed by atoms with Crippen molar-refractivity contribution in [2.75, 3.05) is 13.1 Å². The molecule has 0 rings (SSSR count). The largest absolute Gasteiger partial charge is 2.00 e. The van der Waals surface area contributed by atoms with Gasteiger partial charge in [-0.15, -0.1) is 0 Å².